The minimum Gasteiger partial charge on any atom is -0.662 e. The molecule has 40 heavy (non-hydrogen) atoms. The molecule has 0 aliphatic heterocycles. The molecule has 5 rings (SSSR count). The van der Waals surface area contributed by atoms with Gasteiger partial charge in [0.15, 0.2) is 5.76 Å². The summed E-state index contributed by atoms with van der Waals surface area (Å²) >= 11 is 3.47. The molecule has 2 N–H and O–H groups in total. The predicted molar refractivity (Wildman–Crippen MR) is 144 cm³/mol. The molecule has 8 nitrogen and oxygen atoms in total. The minimum absolute atomic E-state index is 0. The Morgan fingerprint density at radius 2 is 1.90 bits per heavy atom. The molecule has 0 saturated heterocycles. The molecule has 0 atom stereocenters. The van der Waals surface area contributed by atoms with Crippen molar-refractivity contribution >= 4 is 48.5 Å². The molecule has 1 aliphatic rings. The third-order valence-electron chi connectivity index (χ3n) is 6.47. The number of imidazole rings is 1. The van der Waals surface area contributed by atoms with E-state index >= 15 is 0 Å². The van der Waals surface area contributed by atoms with E-state index in [0.717, 1.165) is 18.4 Å². The van der Waals surface area contributed by atoms with E-state index in [4.69, 9.17) is 15.1 Å². The normalized spacial score (nSPS) is 14.0. The zero-order valence-electron chi connectivity index (χ0n) is 21.8. The fourth-order valence-electron chi connectivity index (χ4n) is 4.51. The van der Waals surface area contributed by atoms with Crippen molar-refractivity contribution < 1.29 is 82.2 Å². The molecule has 0 spiro atoms. The maximum absolute atomic E-state index is 13.0. The fourth-order valence-corrected chi connectivity index (χ4v) is 5.70. The summed E-state index contributed by atoms with van der Waals surface area (Å²) in [5.74, 6) is 0.276. The van der Waals surface area contributed by atoms with Crippen molar-refractivity contribution in [3.63, 3.8) is 0 Å². The molecule has 1 amide bonds. The number of anilines is 1. The third-order valence-corrected chi connectivity index (χ3v) is 8.36. The van der Waals surface area contributed by atoms with Crippen LogP contribution in [-0.4, -0.2) is 29.4 Å². The molecular formula is C26H23BrF3KN4O4S. The van der Waals surface area contributed by atoms with E-state index in [2.05, 4.69) is 15.9 Å². The zero-order chi connectivity index (χ0) is 28.3. The quantitative estimate of drug-likeness (QED) is 0.278. The van der Waals surface area contributed by atoms with Crippen LogP contribution in [0.25, 0.3) is 28.0 Å². The van der Waals surface area contributed by atoms with Gasteiger partial charge in [-0.15, -0.1) is 0 Å². The first-order valence-electron chi connectivity index (χ1n) is 12.0. The number of fused-ring (bicyclic) bond motifs is 1. The summed E-state index contributed by atoms with van der Waals surface area (Å²) in [5, 5.41) is 0.600. The van der Waals surface area contributed by atoms with Gasteiger partial charge in [-0.3, -0.25) is 4.72 Å². The minimum atomic E-state index is -5.65. The summed E-state index contributed by atoms with van der Waals surface area (Å²) in [6.45, 7) is 4.22. The molecule has 14 heteroatoms. The number of nitrogens with one attached hydrogen (secondary N) is 2. The summed E-state index contributed by atoms with van der Waals surface area (Å²) < 4.78 is 72.3. The van der Waals surface area contributed by atoms with E-state index in [1.165, 1.54) is 18.2 Å². The monoisotopic (exact) mass is 662 g/mol. The van der Waals surface area contributed by atoms with Gasteiger partial charge in [0.1, 0.15) is 11.4 Å². The van der Waals surface area contributed by atoms with E-state index < -0.39 is 21.4 Å². The predicted octanol–water partition coefficient (Wildman–Crippen LogP) is 4.57. The fraction of sp³-hybridized carbons (Fsp3) is 0.308. The van der Waals surface area contributed by atoms with Gasteiger partial charge in [0, 0.05) is 29.3 Å². The number of hydrogen-bond donors (Lipinski definition) is 1. The van der Waals surface area contributed by atoms with E-state index in [0.29, 0.717) is 32.7 Å². The number of alkyl halides is 3. The molecule has 0 bridgehead atoms. The van der Waals surface area contributed by atoms with Crippen LogP contribution in [0.3, 0.4) is 0 Å². The van der Waals surface area contributed by atoms with Crippen molar-refractivity contribution in [2.24, 2.45) is 0 Å². The van der Waals surface area contributed by atoms with Gasteiger partial charge in [0.05, 0.1) is 27.5 Å². The van der Waals surface area contributed by atoms with Crippen LogP contribution in [0.15, 0.2) is 51.4 Å². The first kappa shape index (κ1) is 31.3. The summed E-state index contributed by atoms with van der Waals surface area (Å²) in [7, 11) is -5.65. The summed E-state index contributed by atoms with van der Waals surface area (Å²) in [6.07, 6.45) is 1.87. The van der Waals surface area contributed by atoms with Crippen LogP contribution < -0.4 is 56.1 Å². The molecule has 1 saturated carbocycles. The molecule has 206 valence electrons. The average Bonchev–Trinajstić information content (AvgIpc) is 3.55. The molecule has 1 aliphatic carbocycles. The van der Waals surface area contributed by atoms with E-state index in [-0.39, 0.29) is 86.8 Å². The number of nitrogens with zero attached hydrogens (tertiary/aromatic N) is 2. The molecule has 0 unspecified atom stereocenters. The Bertz CT molecular complexity index is 1710. The van der Waals surface area contributed by atoms with Crippen molar-refractivity contribution in [1.82, 2.24) is 9.55 Å². The molecule has 2 aromatic carbocycles. The summed E-state index contributed by atoms with van der Waals surface area (Å²) in [6, 6.07) is 10.9. The Morgan fingerprint density at radius 3 is 2.50 bits per heavy atom. The SMILES string of the molecule is CC(C)c1nc(C2CC2)c(C([NH-])=O)n1Cc1ccc2oc(-c3ccccc3NS(=O)(=O)C(F)(F)F)c(Br)c2c1.[K+]. The Hall–Kier alpha value is -1.68. The molecule has 1 fully saturated rings. The second-order valence-corrected chi connectivity index (χ2v) is 12.2. The van der Waals surface area contributed by atoms with Crippen molar-refractivity contribution in [3.05, 3.63) is 75.4 Å². The average molecular weight is 664 g/mol. The number of carbonyl (C=O) groups is 1. The first-order valence-corrected chi connectivity index (χ1v) is 14.3. The topological polar surface area (TPSA) is 118 Å². The Morgan fingerprint density at radius 1 is 1.23 bits per heavy atom. The van der Waals surface area contributed by atoms with E-state index in [9.17, 15) is 26.4 Å². The van der Waals surface area contributed by atoms with Crippen LogP contribution >= 0.6 is 15.9 Å². The van der Waals surface area contributed by atoms with E-state index in [1.807, 2.05) is 19.9 Å². The second kappa shape index (κ2) is 11.5. The van der Waals surface area contributed by atoms with Crippen LogP contribution in [0.2, 0.25) is 0 Å². The molecular weight excluding hydrogens is 640 g/mol. The molecule has 2 heterocycles. The smallest absolute Gasteiger partial charge is 0.662 e. The number of amides is 1. The largest absolute Gasteiger partial charge is 1.00 e. The summed E-state index contributed by atoms with van der Waals surface area (Å²) in [5.41, 5.74) is 4.38. The molecule has 0 radical (unpaired) electrons. The van der Waals surface area contributed by atoms with Crippen LogP contribution in [-0.2, 0) is 16.6 Å². The van der Waals surface area contributed by atoms with Gasteiger partial charge in [-0.25, -0.2) is 4.98 Å². The van der Waals surface area contributed by atoms with Gasteiger partial charge < -0.3 is 19.5 Å². The number of para-hydroxylation sites is 1. The zero-order valence-corrected chi connectivity index (χ0v) is 27.3. The number of rotatable bonds is 8. The van der Waals surface area contributed by atoms with Crippen LogP contribution in [0.1, 0.15) is 66.1 Å². The van der Waals surface area contributed by atoms with Crippen molar-refractivity contribution in [3.8, 4) is 11.3 Å². The number of halogens is 4. The van der Waals surface area contributed by atoms with Crippen molar-refractivity contribution in [2.75, 3.05) is 4.72 Å². The molecule has 4 aromatic rings. The Balaban J connectivity index is 0.00000370. The van der Waals surface area contributed by atoms with Gasteiger partial charge in [0.2, 0.25) is 0 Å². The number of carbonyl (C=O) groups excluding carboxylic acids is 1. The molecule has 2 aromatic heterocycles. The van der Waals surface area contributed by atoms with Crippen molar-refractivity contribution in [1.29, 1.82) is 0 Å². The van der Waals surface area contributed by atoms with Gasteiger partial charge in [0.25, 0.3) is 0 Å². The van der Waals surface area contributed by atoms with E-state index in [1.54, 1.807) is 27.5 Å². The number of benzene rings is 2. The maximum Gasteiger partial charge on any atom is 1.00 e. The van der Waals surface area contributed by atoms with Crippen LogP contribution in [0.4, 0.5) is 18.9 Å². The number of hydrogen-bond acceptors (Lipinski definition) is 5. The first-order chi connectivity index (χ1) is 18.3. The maximum atomic E-state index is 13.0. The van der Waals surface area contributed by atoms with Gasteiger partial charge >= 0.3 is 66.9 Å². The van der Waals surface area contributed by atoms with Gasteiger partial charge in [-0.1, -0.05) is 32.0 Å². The number of furan rings is 1. The van der Waals surface area contributed by atoms with Crippen molar-refractivity contribution in [2.45, 2.75) is 50.6 Å². The van der Waals surface area contributed by atoms with Crippen LogP contribution in [0, 0.1) is 0 Å². The number of aromatic nitrogens is 2. The third kappa shape index (κ3) is 5.94. The Kier molecular flexibility index (Phi) is 9.01. The number of sulfonamides is 1. The standard InChI is InChI=1S/C26H24BrF3N4O4S.K/c1-13(2)25-32-21(15-8-9-15)22(24(31)35)34(25)12-14-7-10-19-17(11-14)20(27)23(38-19)16-5-3-4-6-18(16)33-39(36,37)26(28,29)30;/h3-7,10-11,13,15,33H,8-9,12H2,1-2H3,(H2,31,35);/q;+1/p-1. The van der Waals surface area contributed by atoms with Crippen LogP contribution in [0.5, 0.6) is 0 Å². The Labute approximate surface area is 279 Å². The van der Waals surface area contributed by atoms with Gasteiger partial charge in [-0.2, -0.15) is 21.6 Å². The summed E-state index contributed by atoms with van der Waals surface area (Å²) in [4.78, 5) is 17.1. The van der Waals surface area contributed by atoms with Gasteiger partial charge in [-0.05, 0) is 58.6 Å². The second-order valence-electron chi connectivity index (χ2n) is 9.72.